The van der Waals surface area contributed by atoms with Crippen molar-refractivity contribution in [2.75, 3.05) is 20.1 Å². The zero-order valence-electron chi connectivity index (χ0n) is 12.9. The second-order valence-corrected chi connectivity index (χ2v) is 6.42. The maximum absolute atomic E-state index is 5.96. The summed E-state index contributed by atoms with van der Waals surface area (Å²) < 4.78 is 0. The monoisotopic (exact) mass is 421 g/mol. The van der Waals surface area contributed by atoms with Gasteiger partial charge in [0.25, 0.3) is 0 Å². The Morgan fingerprint density at radius 3 is 2.33 bits per heavy atom. The third-order valence-corrected chi connectivity index (χ3v) is 4.06. The van der Waals surface area contributed by atoms with E-state index < -0.39 is 0 Å². The van der Waals surface area contributed by atoms with Crippen LogP contribution in [0.1, 0.15) is 32.3 Å². The molecule has 0 heterocycles. The van der Waals surface area contributed by atoms with Crippen molar-refractivity contribution >= 4 is 41.5 Å². The van der Waals surface area contributed by atoms with Crippen LogP contribution in [0.5, 0.6) is 0 Å². The first-order valence-corrected chi connectivity index (χ1v) is 7.64. The van der Waals surface area contributed by atoms with Crippen LogP contribution < -0.4 is 10.6 Å². The molecule has 1 aromatic rings. The quantitative estimate of drug-likeness (QED) is 0.431. The zero-order valence-corrected chi connectivity index (χ0v) is 16.0. The van der Waals surface area contributed by atoms with Gasteiger partial charge in [0, 0.05) is 30.6 Å². The highest BCUT2D eigenvalue weighted by molar-refractivity contribution is 14.0. The summed E-state index contributed by atoms with van der Waals surface area (Å²) in [4.78, 5) is 4.27. The summed E-state index contributed by atoms with van der Waals surface area (Å²) in [6.07, 6.45) is 2.45. The first kappa shape index (κ1) is 18.6. The number of nitrogens with one attached hydrogen (secondary N) is 2. The highest BCUT2D eigenvalue weighted by atomic mass is 127. The lowest BCUT2D eigenvalue weighted by molar-refractivity contribution is 0.600. The van der Waals surface area contributed by atoms with E-state index in [2.05, 4.69) is 41.6 Å². The molecule has 0 aliphatic heterocycles. The molecule has 0 unspecified atom stereocenters. The minimum absolute atomic E-state index is 0. The number of hydrogen-bond donors (Lipinski definition) is 2. The molecule has 2 N–H and O–H groups in total. The molecule has 0 bridgehead atoms. The Labute approximate surface area is 150 Å². The van der Waals surface area contributed by atoms with E-state index in [0.29, 0.717) is 5.92 Å². The van der Waals surface area contributed by atoms with E-state index in [1.54, 1.807) is 0 Å². The number of rotatable bonds is 5. The number of nitrogens with zero attached hydrogens (tertiary/aromatic N) is 1. The summed E-state index contributed by atoms with van der Waals surface area (Å²) in [6, 6.07) is 8.23. The van der Waals surface area contributed by atoms with Crippen LogP contribution >= 0.6 is 35.6 Å². The Balaban J connectivity index is 0.00000220. The van der Waals surface area contributed by atoms with Crippen LogP contribution in [0.4, 0.5) is 0 Å². The molecule has 1 aromatic carbocycles. The van der Waals surface area contributed by atoms with Crippen LogP contribution in [-0.2, 0) is 5.41 Å². The fraction of sp³-hybridized carbons (Fsp3) is 0.562. The smallest absolute Gasteiger partial charge is 0.191 e. The molecule has 5 heteroatoms. The van der Waals surface area contributed by atoms with E-state index in [4.69, 9.17) is 11.6 Å². The molecule has 1 saturated carbocycles. The van der Waals surface area contributed by atoms with Crippen molar-refractivity contribution < 1.29 is 0 Å². The molecule has 0 atom stereocenters. The fourth-order valence-electron chi connectivity index (χ4n) is 2.30. The van der Waals surface area contributed by atoms with Crippen LogP contribution in [0, 0.1) is 5.92 Å². The molecule has 118 valence electrons. The van der Waals surface area contributed by atoms with Gasteiger partial charge in [0.1, 0.15) is 0 Å². The average molecular weight is 422 g/mol. The summed E-state index contributed by atoms with van der Waals surface area (Å²) in [5.74, 6) is 1.50. The molecule has 21 heavy (non-hydrogen) atoms. The molecular weight excluding hydrogens is 397 g/mol. The summed E-state index contributed by atoms with van der Waals surface area (Å²) >= 11 is 5.96. The van der Waals surface area contributed by atoms with Crippen molar-refractivity contribution in [3.8, 4) is 0 Å². The van der Waals surface area contributed by atoms with Gasteiger partial charge in [-0.15, -0.1) is 24.0 Å². The Morgan fingerprint density at radius 1 is 1.24 bits per heavy atom. The van der Waals surface area contributed by atoms with Crippen LogP contribution in [-0.4, -0.2) is 26.1 Å². The second-order valence-electron chi connectivity index (χ2n) is 5.99. The van der Waals surface area contributed by atoms with E-state index in [9.17, 15) is 0 Å². The van der Waals surface area contributed by atoms with Crippen molar-refractivity contribution in [1.82, 2.24) is 10.6 Å². The lowest BCUT2D eigenvalue weighted by atomic mass is 9.96. The van der Waals surface area contributed by atoms with Gasteiger partial charge in [0.05, 0.1) is 0 Å². The van der Waals surface area contributed by atoms with Crippen LogP contribution in [0.2, 0.25) is 5.02 Å². The SMILES string of the molecule is CN=C(NCC(C)C)NCC1(c2ccc(Cl)cc2)CC1.I. The Hall–Kier alpha value is -0.490. The number of hydrogen-bond acceptors (Lipinski definition) is 1. The minimum atomic E-state index is 0. The summed E-state index contributed by atoms with van der Waals surface area (Å²) in [7, 11) is 1.82. The third-order valence-electron chi connectivity index (χ3n) is 3.81. The summed E-state index contributed by atoms with van der Waals surface area (Å²) in [5, 5.41) is 7.59. The Bertz CT molecular complexity index is 467. The van der Waals surface area contributed by atoms with Crippen LogP contribution in [0.15, 0.2) is 29.3 Å². The lowest BCUT2D eigenvalue weighted by Crippen LogP contribution is -2.42. The maximum Gasteiger partial charge on any atom is 0.191 e. The lowest BCUT2D eigenvalue weighted by Gasteiger charge is -2.19. The van der Waals surface area contributed by atoms with Crippen molar-refractivity contribution in [2.24, 2.45) is 10.9 Å². The predicted molar refractivity (Wildman–Crippen MR) is 102 cm³/mol. The molecule has 1 aliphatic carbocycles. The molecule has 0 radical (unpaired) electrons. The normalized spacial score (nSPS) is 16.3. The fourth-order valence-corrected chi connectivity index (χ4v) is 2.42. The van der Waals surface area contributed by atoms with Crippen LogP contribution in [0.25, 0.3) is 0 Å². The van der Waals surface area contributed by atoms with Crippen molar-refractivity contribution in [1.29, 1.82) is 0 Å². The topological polar surface area (TPSA) is 36.4 Å². The van der Waals surface area contributed by atoms with Gasteiger partial charge >= 0.3 is 0 Å². The van der Waals surface area contributed by atoms with Gasteiger partial charge in [-0.05, 0) is 36.5 Å². The molecule has 0 spiro atoms. The molecule has 1 aliphatic rings. The predicted octanol–water partition coefficient (Wildman–Crippen LogP) is 3.81. The van der Waals surface area contributed by atoms with Crippen molar-refractivity contribution in [2.45, 2.75) is 32.1 Å². The van der Waals surface area contributed by atoms with Gasteiger partial charge in [-0.25, -0.2) is 0 Å². The number of guanidine groups is 1. The first-order valence-electron chi connectivity index (χ1n) is 7.26. The molecule has 2 rings (SSSR count). The van der Waals surface area contributed by atoms with E-state index in [0.717, 1.165) is 24.1 Å². The highest BCUT2D eigenvalue weighted by Crippen LogP contribution is 2.47. The zero-order chi connectivity index (χ0) is 14.6. The summed E-state index contributed by atoms with van der Waals surface area (Å²) in [5.41, 5.74) is 1.63. The molecule has 0 saturated heterocycles. The molecule has 0 amide bonds. The van der Waals surface area contributed by atoms with Crippen molar-refractivity contribution in [3.63, 3.8) is 0 Å². The second kappa shape index (κ2) is 8.22. The molecule has 0 aromatic heterocycles. The van der Waals surface area contributed by atoms with Gasteiger partial charge in [-0.2, -0.15) is 0 Å². The number of aliphatic imine (C=N–C) groups is 1. The Kier molecular flexibility index (Phi) is 7.27. The van der Waals surface area contributed by atoms with Gasteiger partial charge in [0.2, 0.25) is 0 Å². The van der Waals surface area contributed by atoms with Crippen LogP contribution in [0.3, 0.4) is 0 Å². The van der Waals surface area contributed by atoms with E-state index in [1.807, 2.05) is 19.2 Å². The van der Waals surface area contributed by atoms with Crippen molar-refractivity contribution in [3.05, 3.63) is 34.9 Å². The maximum atomic E-state index is 5.96. The van der Waals surface area contributed by atoms with Gasteiger partial charge in [0.15, 0.2) is 5.96 Å². The largest absolute Gasteiger partial charge is 0.356 e. The van der Waals surface area contributed by atoms with Gasteiger partial charge in [-0.3, -0.25) is 4.99 Å². The minimum Gasteiger partial charge on any atom is -0.356 e. The number of halogens is 2. The third kappa shape index (κ3) is 5.33. The van der Waals surface area contributed by atoms with Gasteiger partial charge in [-0.1, -0.05) is 37.6 Å². The van der Waals surface area contributed by atoms with Gasteiger partial charge < -0.3 is 10.6 Å². The number of benzene rings is 1. The molecule has 1 fully saturated rings. The Morgan fingerprint density at radius 2 is 1.86 bits per heavy atom. The van der Waals surface area contributed by atoms with E-state index >= 15 is 0 Å². The highest BCUT2D eigenvalue weighted by Gasteiger charge is 2.44. The standard InChI is InChI=1S/C16H24ClN3.HI/c1-12(2)10-19-15(18-3)20-11-16(8-9-16)13-4-6-14(17)7-5-13;/h4-7,12H,8-11H2,1-3H3,(H2,18,19,20);1H. The van der Waals surface area contributed by atoms with E-state index in [-0.39, 0.29) is 29.4 Å². The molecular formula is C16H25ClIN3. The average Bonchev–Trinajstić information content (AvgIpc) is 3.20. The molecule has 3 nitrogen and oxygen atoms in total. The summed E-state index contributed by atoms with van der Waals surface area (Å²) in [6.45, 7) is 6.24. The van der Waals surface area contributed by atoms with E-state index in [1.165, 1.54) is 18.4 Å². The first-order chi connectivity index (χ1) is 9.55.